The second-order valence-corrected chi connectivity index (χ2v) is 6.50. The molecule has 2 rings (SSSR count). The number of ether oxygens (including phenoxy) is 1. The molecule has 1 atom stereocenters. The third-order valence-corrected chi connectivity index (χ3v) is 3.41. The largest absolute Gasteiger partial charge is 0.490 e. The number of nitrogens with zero attached hydrogens (tertiary/aromatic N) is 2. The molecule has 1 aliphatic heterocycles. The van der Waals surface area contributed by atoms with Gasteiger partial charge in [0.2, 0.25) is 0 Å². The summed E-state index contributed by atoms with van der Waals surface area (Å²) in [5.74, 6) is 7.19. The monoisotopic (exact) mass is 272 g/mol. The van der Waals surface area contributed by atoms with Gasteiger partial charge in [0.25, 0.3) is 0 Å². The van der Waals surface area contributed by atoms with E-state index >= 15 is 0 Å². The van der Waals surface area contributed by atoms with Crippen molar-refractivity contribution in [3.05, 3.63) is 24.0 Å². The first-order valence-corrected chi connectivity index (χ1v) is 7.25. The minimum Gasteiger partial charge on any atom is -0.490 e. The average Bonchev–Trinajstić information content (AvgIpc) is 2.79. The molecule has 0 radical (unpaired) electrons. The van der Waals surface area contributed by atoms with Crippen LogP contribution in [-0.4, -0.2) is 36.1 Å². The molecule has 0 saturated carbocycles. The van der Waals surface area contributed by atoms with Crippen LogP contribution in [0.1, 0.15) is 39.2 Å². The van der Waals surface area contributed by atoms with Crippen molar-refractivity contribution in [2.75, 3.05) is 20.2 Å². The van der Waals surface area contributed by atoms with Gasteiger partial charge in [-0.1, -0.05) is 11.8 Å². The number of likely N-dealkylation sites (N-methyl/N-ethyl adjacent to an activating group) is 1. The van der Waals surface area contributed by atoms with Crippen LogP contribution in [0, 0.1) is 17.3 Å². The Labute approximate surface area is 122 Å². The van der Waals surface area contributed by atoms with E-state index in [-0.39, 0.29) is 5.41 Å². The Hall–Kier alpha value is -1.53. The van der Waals surface area contributed by atoms with Crippen molar-refractivity contribution in [2.45, 2.75) is 39.7 Å². The van der Waals surface area contributed by atoms with E-state index in [2.05, 4.69) is 49.5 Å². The molecule has 20 heavy (non-hydrogen) atoms. The Morgan fingerprint density at radius 3 is 2.85 bits per heavy atom. The van der Waals surface area contributed by atoms with Crippen LogP contribution < -0.4 is 4.74 Å². The Morgan fingerprint density at radius 1 is 1.40 bits per heavy atom. The first-order valence-electron chi connectivity index (χ1n) is 7.25. The molecule has 0 amide bonds. The molecular weight excluding hydrogens is 248 g/mol. The van der Waals surface area contributed by atoms with E-state index < -0.39 is 0 Å². The van der Waals surface area contributed by atoms with Crippen molar-refractivity contribution < 1.29 is 4.74 Å². The van der Waals surface area contributed by atoms with Crippen LogP contribution in [0.3, 0.4) is 0 Å². The van der Waals surface area contributed by atoms with E-state index in [0.29, 0.717) is 6.04 Å². The molecule has 0 N–H and O–H groups in total. The zero-order valence-corrected chi connectivity index (χ0v) is 12.9. The summed E-state index contributed by atoms with van der Waals surface area (Å²) >= 11 is 0. The highest BCUT2D eigenvalue weighted by Crippen LogP contribution is 2.18. The molecule has 0 aliphatic carbocycles. The van der Waals surface area contributed by atoms with Crippen molar-refractivity contribution in [1.29, 1.82) is 0 Å². The maximum atomic E-state index is 5.86. The quantitative estimate of drug-likeness (QED) is 0.791. The van der Waals surface area contributed by atoms with E-state index in [4.69, 9.17) is 4.74 Å². The van der Waals surface area contributed by atoms with Crippen LogP contribution in [0.4, 0.5) is 0 Å². The summed E-state index contributed by atoms with van der Waals surface area (Å²) < 4.78 is 5.86. The van der Waals surface area contributed by atoms with E-state index in [1.165, 1.54) is 19.4 Å². The lowest BCUT2D eigenvalue weighted by molar-refractivity contribution is 0.198. The molecule has 0 bridgehead atoms. The van der Waals surface area contributed by atoms with E-state index in [1.54, 1.807) is 12.4 Å². The van der Waals surface area contributed by atoms with Gasteiger partial charge >= 0.3 is 0 Å². The van der Waals surface area contributed by atoms with Crippen LogP contribution in [0.25, 0.3) is 0 Å². The van der Waals surface area contributed by atoms with Crippen LogP contribution in [0.15, 0.2) is 18.5 Å². The van der Waals surface area contributed by atoms with Gasteiger partial charge in [-0.05, 0) is 53.3 Å². The highest BCUT2D eigenvalue weighted by Gasteiger charge is 2.21. The molecule has 108 valence electrons. The standard InChI is InChI=1S/C17H24N2O/c1-17(2,3)8-7-14-10-16(12-18-11-14)20-13-15-6-5-9-19(15)4/h10-12,15H,5-6,9,13H2,1-4H3/t15-/m0/s1. The first-order chi connectivity index (χ1) is 9.44. The lowest BCUT2D eigenvalue weighted by Crippen LogP contribution is -2.30. The molecule has 0 unspecified atom stereocenters. The maximum Gasteiger partial charge on any atom is 0.138 e. The molecule has 1 fully saturated rings. The van der Waals surface area contributed by atoms with Crippen molar-refractivity contribution in [3.8, 4) is 17.6 Å². The topological polar surface area (TPSA) is 25.4 Å². The van der Waals surface area contributed by atoms with Gasteiger partial charge < -0.3 is 9.64 Å². The Balaban J connectivity index is 1.97. The average molecular weight is 272 g/mol. The Bertz CT molecular complexity index is 508. The SMILES string of the molecule is CN1CCC[C@H]1COc1cncc(C#CC(C)(C)C)c1. The summed E-state index contributed by atoms with van der Waals surface area (Å²) in [6, 6.07) is 2.50. The highest BCUT2D eigenvalue weighted by molar-refractivity contribution is 5.37. The highest BCUT2D eigenvalue weighted by atomic mass is 16.5. The third kappa shape index (κ3) is 4.54. The summed E-state index contributed by atoms with van der Waals surface area (Å²) in [7, 11) is 2.16. The van der Waals surface area contributed by atoms with Crippen LogP contribution in [0.5, 0.6) is 5.75 Å². The summed E-state index contributed by atoms with van der Waals surface area (Å²) in [4.78, 5) is 6.57. The molecule has 1 aromatic heterocycles. The predicted molar refractivity (Wildman–Crippen MR) is 81.7 cm³/mol. The van der Waals surface area contributed by atoms with Crippen LogP contribution in [0.2, 0.25) is 0 Å². The number of rotatable bonds is 3. The molecule has 2 heterocycles. The lowest BCUT2D eigenvalue weighted by atomic mass is 9.97. The lowest BCUT2D eigenvalue weighted by Gasteiger charge is -2.19. The molecule has 3 nitrogen and oxygen atoms in total. The van der Waals surface area contributed by atoms with Gasteiger partial charge in [-0.3, -0.25) is 4.98 Å². The van der Waals surface area contributed by atoms with Crippen molar-refractivity contribution in [2.24, 2.45) is 5.41 Å². The first kappa shape index (κ1) is 14.9. The van der Waals surface area contributed by atoms with Gasteiger partial charge in [0.05, 0.1) is 6.20 Å². The fraction of sp³-hybridized carbons (Fsp3) is 0.588. The van der Waals surface area contributed by atoms with Gasteiger partial charge in [0.1, 0.15) is 12.4 Å². The summed E-state index contributed by atoms with van der Waals surface area (Å²) in [5, 5.41) is 0. The Morgan fingerprint density at radius 2 is 2.20 bits per heavy atom. The molecule has 1 saturated heterocycles. The van der Waals surface area contributed by atoms with E-state index in [9.17, 15) is 0 Å². The van der Waals surface area contributed by atoms with Gasteiger partial charge in [-0.15, -0.1) is 0 Å². The second-order valence-electron chi connectivity index (χ2n) is 6.50. The van der Waals surface area contributed by atoms with Gasteiger partial charge in [-0.2, -0.15) is 0 Å². The fourth-order valence-corrected chi connectivity index (χ4v) is 2.21. The van der Waals surface area contributed by atoms with Crippen LogP contribution >= 0.6 is 0 Å². The minimum atomic E-state index is 0.00339. The summed E-state index contributed by atoms with van der Waals surface area (Å²) in [6.45, 7) is 8.20. The molecule has 3 heteroatoms. The number of aromatic nitrogens is 1. The zero-order valence-electron chi connectivity index (χ0n) is 12.9. The molecular formula is C17H24N2O. The van der Waals surface area contributed by atoms with Crippen molar-refractivity contribution >= 4 is 0 Å². The van der Waals surface area contributed by atoms with E-state index in [1.807, 2.05) is 6.07 Å². The van der Waals surface area contributed by atoms with Gasteiger partial charge in [0.15, 0.2) is 0 Å². The minimum absolute atomic E-state index is 0.00339. The summed E-state index contributed by atoms with van der Waals surface area (Å²) in [6.07, 6.45) is 6.03. The second kappa shape index (κ2) is 6.28. The smallest absolute Gasteiger partial charge is 0.138 e. The third-order valence-electron chi connectivity index (χ3n) is 3.41. The van der Waals surface area contributed by atoms with Crippen molar-refractivity contribution in [1.82, 2.24) is 9.88 Å². The van der Waals surface area contributed by atoms with Crippen LogP contribution in [-0.2, 0) is 0 Å². The van der Waals surface area contributed by atoms with E-state index in [0.717, 1.165) is 17.9 Å². The maximum absolute atomic E-state index is 5.86. The molecule has 1 aliphatic rings. The number of hydrogen-bond acceptors (Lipinski definition) is 3. The van der Waals surface area contributed by atoms with Gasteiger partial charge in [0, 0.05) is 23.2 Å². The van der Waals surface area contributed by atoms with Crippen molar-refractivity contribution in [3.63, 3.8) is 0 Å². The zero-order chi connectivity index (χ0) is 14.6. The fourth-order valence-electron chi connectivity index (χ4n) is 2.21. The number of likely N-dealkylation sites (tertiary alicyclic amines) is 1. The number of pyridine rings is 1. The molecule has 0 spiro atoms. The molecule has 1 aromatic rings. The Kier molecular flexibility index (Phi) is 4.67. The summed E-state index contributed by atoms with van der Waals surface area (Å²) in [5.41, 5.74) is 0.917. The predicted octanol–water partition coefficient (Wildman–Crippen LogP) is 2.95. The number of hydrogen-bond donors (Lipinski definition) is 0. The normalized spacial score (nSPS) is 19.5. The molecule has 0 aromatic carbocycles. The van der Waals surface area contributed by atoms with Gasteiger partial charge in [-0.25, -0.2) is 0 Å².